The number of fused-ring (bicyclic) bond motifs is 1. The standard InChI is InChI=1S/C20H15F3N2O4/c21-20(22,23)14-4-1-12(2-5-14)19(26)24-11-15-10-17(29-25-15)13-3-6-16-18(9-13)28-8-7-27-16/h1-6,9-10H,7-8,11H2,(H,24,26). The number of benzene rings is 2. The molecule has 6 nitrogen and oxygen atoms in total. The van der Waals surface area contributed by atoms with Gasteiger partial charge in [0.25, 0.3) is 5.91 Å². The van der Waals surface area contributed by atoms with E-state index in [-0.39, 0.29) is 12.1 Å². The normalized spacial score (nSPS) is 13.2. The molecule has 29 heavy (non-hydrogen) atoms. The maximum Gasteiger partial charge on any atom is 0.416 e. The van der Waals surface area contributed by atoms with Crippen molar-refractivity contribution in [3.05, 3.63) is 65.4 Å². The van der Waals surface area contributed by atoms with Crippen LogP contribution < -0.4 is 14.8 Å². The molecule has 0 spiro atoms. The van der Waals surface area contributed by atoms with Crippen molar-refractivity contribution in [2.75, 3.05) is 13.2 Å². The number of rotatable bonds is 4. The lowest BCUT2D eigenvalue weighted by Crippen LogP contribution is -2.23. The van der Waals surface area contributed by atoms with Crippen molar-refractivity contribution in [2.24, 2.45) is 0 Å². The highest BCUT2D eigenvalue weighted by atomic mass is 19.4. The number of carbonyl (C=O) groups excluding carboxylic acids is 1. The molecule has 3 aromatic rings. The zero-order valence-electron chi connectivity index (χ0n) is 15.0. The van der Waals surface area contributed by atoms with Gasteiger partial charge in [0.15, 0.2) is 17.3 Å². The first-order valence-corrected chi connectivity index (χ1v) is 8.71. The van der Waals surface area contributed by atoms with Gasteiger partial charge in [0, 0.05) is 17.2 Å². The van der Waals surface area contributed by atoms with Gasteiger partial charge in [-0.15, -0.1) is 0 Å². The Hall–Kier alpha value is -3.49. The summed E-state index contributed by atoms with van der Waals surface area (Å²) >= 11 is 0. The summed E-state index contributed by atoms with van der Waals surface area (Å²) in [7, 11) is 0. The van der Waals surface area contributed by atoms with Crippen molar-refractivity contribution < 1.29 is 32.0 Å². The van der Waals surface area contributed by atoms with E-state index in [1.165, 1.54) is 0 Å². The van der Waals surface area contributed by atoms with Gasteiger partial charge in [-0.2, -0.15) is 13.2 Å². The molecule has 1 N–H and O–H groups in total. The predicted octanol–water partition coefficient (Wildman–Crippen LogP) is 4.06. The monoisotopic (exact) mass is 404 g/mol. The Balaban J connectivity index is 1.40. The third-order valence-corrected chi connectivity index (χ3v) is 4.29. The van der Waals surface area contributed by atoms with Crippen LogP contribution in [0.2, 0.25) is 0 Å². The lowest BCUT2D eigenvalue weighted by molar-refractivity contribution is -0.137. The smallest absolute Gasteiger partial charge is 0.416 e. The van der Waals surface area contributed by atoms with Crippen LogP contribution in [0.15, 0.2) is 53.1 Å². The quantitative estimate of drug-likeness (QED) is 0.710. The fraction of sp³-hybridized carbons (Fsp3) is 0.200. The highest BCUT2D eigenvalue weighted by Crippen LogP contribution is 2.34. The Morgan fingerprint density at radius 1 is 1.00 bits per heavy atom. The molecule has 0 bridgehead atoms. The molecule has 9 heteroatoms. The van der Waals surface area contributed by atoms with Gasteiger partial charge in [0.2, 0.25) is 0 Å². The fourth-order valence-corrected chi connectivity index (χ4v) is 2.81. The van der Waals surface area contributed by atoms with Gasteiger partial charge in [0.05, 0.1) is 12.1 Å². The van der Waals surface area contributed by atoms with Crippen LogP contribution in [0.3, 0.4) is 0 Å². The molecule has 1 amide bonds. The van der Waals surface area contributed by atoms with Gasteiger partial charge < -0.3 is 19.3 Å². The molecule has 0 atom stereocenters. The summed E-state index contributed by atoms with van der Waals surface area (Å²) in [4.78, 5) is 12.1. The maximum absolute atomic E-state index is 12.6. The second-order valence-electron chi connectivity index (χ2n) is 6.30. The minimum absolute atomic E-state index is 0.0634. The molecule has 4 rings (SSSR count). The van der Waals surface area contributed by atoms with Crippen LogP contribution in [0.1, 0.15) is 21.6 Å². The number of alkyl halides is 3. The molecular weight excluding hydrogens is 389 g/mol. The fourth-order valence-electron chi connectivity index (χ4n) is 2.81. The van der Waals surface area contributed by atoms with Gasteiger partial charge >= 0.3 is 6.18 Å². The predicted molar refractivity (Wildman–Crippen MR) is 95.5 cm³/mol. The Morgan fingerprint density at radius 3 is 2.45 bits per heavy atom. The van der Waals surface area contributed by atoms with Crippen LogP contribution in [0.4, 0.5) is 13.2 Å². The summed E-state index contributed by atoms with van der Waals surface area (Å²) in [5.74, 6) is 1.24. The molecule has 150 valence electrons. The van der Waals surface area contributed by atoms with E-state index >= 15 is 0 Å². The van der Waals surface area contributed by atoms with E-state index in [0.717, 1.165) is 29.8 Å². The Morgan fingerprint density at radius 2 is 1.72 bits per heavy atom. The number of aromatic nitrogens is 1. The van der Waals surface area contributed by atoms with E-state index in [9.17, 15) is 18.0 Å². The van der Waals surface area contributed by atoms with Crippen LogP contribution in [0.5, 0.6) is 11.5 Å². The van der Waals surface area contributed by atoms with E-state index in [0.29, 0.717) is 36.2 Å². The largest absolute Gasteiger partial charge is 0.486 e. The average molecular weight is 404 g/mol. The summed E-state index contributed by atoms with van der Waals surface area (Å²) in [6, 6.07) is 11.0. The molecule has 0 aliphatic carbocycles. The topological polar surface area (TPSA) is 73.6 Å². The first kappa shape index (κ1) is 18.9. The minimum atomic E-state index is -4.44. The van der Waals surface area contributed by atoms with Gasteiger partial charge in [-0.1, -0.05) is 5.16 Å². The lowest BCUT2D eigenvalue weighted by Gasteiger charge is -2.18. The molecule has 0 saturated heterocycles. The molecule has 2 aromatic carbocycles. The Labute approximate surface area is 163 Å². The summed E-state index contributed by atoms with van der Waals surface area (Å²) in [6.07, 6.45) is -4.44. The average Bonchev–Trinajstić information content (AvgIpc) is 3.20. The lowest BCUT2D eigenvalue weighted by atomic mass is 10.1. The summed E-state index contributed by atoms with van der Waals surface area (Å²) in [6.45, 7) is 1.03. The van der Waals surface area contributed by atoms with Crippen molar-refractivity contribution in [3.8, 4) is 22.8 Å². The van der Waals surface area contributed by atoms with Gasteiger partial charge in [-0.05, 0) is 42.5 Å². The molecule has 0 radical (unpaired) electrons. The number of hydrogen-bond donors (Lipinski definition) is 1. The third kappa shape index (κ3) is 4.18. The third-order valence-electron chi connectivity index (χ3n) is 4.29. The van der Waals surface area contributed by atoms with E-state index in [1.54, 1.807) is 24.3 Å². The van der Waals surface area contributed by atoms with Gasteiger partial charge in [-0.3, -0.25) is 4.79 Å². The number of nitrogens with zero attached hydrogens (tertiary/aromatic N) is 1. The van der Waals surface area contributed by atoms with E-state index in [1.807, 2.05) is 0 Å². The number of amides is 1. The van der Waals surface area contributed by atoms with Gasteiger partial charge in [0.1, 0.15) is 18.9 Å². The van der Waals surface area contributed by atoms with Crippen molar-refractivity contribution in [3.63, 3.8) is 0 Å². The van der Waals surface area contributed by atoms with Crippen LogP contribution >= 0.6 is 0 Å². The molecule has 1 aromatic heterocycles. The van der Waals surface area contributed by atoms with E-state index in [4.69, 9.17) is 14.0 Å². The summed E-state index contributed by atoms with van der Waals surface area (Å²) < 4.78 is 54.1. The Kier molecular flexibility index (Phi) is 4.87. The maximum atomic E-state index is 12.6. The SMILES string of the molecule is O=C(NCc1cc(-c2ccc3c(c2)OCCO3)on1)c1ccc(C(F)(F)F)cc1. The molecule has 1 aliphatic heterocycles. The van der Waals surface area contributed by atoms with Crippen molar-refractivity contribution in [2.45, 2.75) is 12.7 Å². The van der Waals surface area contributed by atoms with Crippen molar-refractivity contribution in [1.29, 1.82) is 0 Å². The highest BCUT2D eigenvalue weighted by Gasteiger charge is 2.30. The number of hydrogen-bond acceptors (Lipinski definition) is 5. The first-order chi connectivity index (χ1) is 13.9. The summed E-state index contributed by atoms with van der Waals surface area (Å²) in [5, 5.41) is 6.51. The number of carbonyl (C=O) groups is 1. The summed E-state index contributed by atoms with van der Waals surface area (Å²) in [5.41, 5.74) is 0.514. The molecular formula is C20H15F3N2O4. The van der Waals surface area contributed by atoms with Crippen LogP contribution in [-0.4, -0.2) is 24.3 Å². The zero-order chi connectivity index (χ0) is 20.4. The van der Waals surface area contributed by atoms with Crippen molar-refractivity contribution in [1.82, 2.24) is 10.5 Å². The molecule has 2 heterocycles. The Bertz CT molecular complexity index is 1030. The second-order valence-corrected chi connectivity index (χ2v) is 6.30. The number of nitrogens with one attached hydrogen (secondary N) is 1. The second kappa shape index (κ2) is 7.50. The minimum Gasteiger partial charge on any atom is -0.486 e. The van der Waals surface area contributed by atoms with Gasteiger partial charge in [-0.25, -0.2) is 0 Å². The van der Waals surface area contributed by atoms with Crippen LogP contribution in [0.25, 0.3) is 11.3 Å². The van der Waals surface area contributed by atoms with Crippen LogP contribution in [-0.2, 0) is 12.7 Å². The first-order valence-electron chi connectivity index (χ1n) is 8.71. The zero-order valence-corrected chi connectivity index (χ0v) is 15.0. The van der Waals surface area contributed by atoms with Crippen molar-refractivity contribution >= 4 is 5.91 Å². The van der Waals surface area contributed by atoms with E-state index < -0.39 is 17.6 Å². The molecule has 0 unspecified atom stereocenters. The number of halogens is 3. The molecule has 0 saturated carbocycles. The number of ether oxygens (including phenoxy) is 2. The molecule has 1 aliphatic rings. The van der Waals surface area contributed by atoms with E-state index in [2.05, 4.69) is 10.5 Å². The van der Waals surface area contributed by atoms with Crippen LogP contribution in [0, 0.1) is 0 Å². The molecule has 0 fully saturated rings. The highest BCUT2D eigenvalue weighted by molar-refractivity contribution is 5.94.